The quantitative estimate of drug-likeness (QED) is 0.744. The summed E-state index contributed by atoms with van der Waals surface area (Å²) in [6, 6.07) is 14.7. The van der Waals surface area contributed by atoms with E-state index in [-0.39, 0.29) is 6.04 Å². The number of nitrogens with two attached hydrogens (primary N) is 1. The highest BCUT2D eigenvalue weighted by molar-refractivity contribution is 5.84. The van der Waals surface area contributed by atoms with Gasteiger partial charge in [-0.2, -0.15) is 0 Å². The fourth-order valence-electron chi connectivity index (χ4n) is 2.18. The van der Waals surface area contributed by atoms with Crippen LogP contribution in [0.4, 0.5) is 0 Å². The molecule has 0 fully saturated rings. The molecule has 0 amide bonds. The van der Waals surface area contributed by atoms with Gasteiger partial charge in [0.25, 0.3) is 0 Å². The highest BCUT2D eigenvalue weighted by Crippen LogP contribution is 2.21. The zero-order valence-electron chi connectivity index (χ0n) is 10.2. The molecular weight excluding hydrogens is 222 g/mol. The van der Waals surface area contributed by atoms with Crippen LogP contribution < -0.4 is 5.73 Å². The monoisotopic (exact) mass is 237 g/mol. The van der Waals surface area contributed by atoms with E-state index in [1.165, 1.54) is 10.8 Å². The minimum atomic E-state index is -0.0287. The molecule has 1 unspecified atom stereocenters. The third-order valence-electron chi connectivity index (χ3n) is 3.14. The summed E-state index contributed by atoms with van der Waals surface area (Å²) in [4.78, 5) is 4.18. The number of hydrogen-bond acceptors (Lipinski definition) is 2. The third-order valence-corrected chi connectivity index (χ3v) is 3.14. The molecule has 0 aliphatic carbocycles. The van der Waals surface area contributed by atoms with Crippen molar-refractivity contribution < 1.29 is 0 Å². The molecule has 0 aliphatic heterocycles. The van der Waals surface area contributed by atoms with Crippen LogP contribution in [0, 0.1) is 0 Å². The first kappa shape index (κ1) is 11.0. The van der Waals surface area contributed by atoms with Crippen LogP contribution in [0.1, 0.15) is 18.7 Å². The lowest BCUT2D eigenvalue weighted by Gasteiger charge is -2.11. The summed E-state index contributed by atoms with van der Waals surface area (Å²) >= 11 is 0. The average molecular weight is 237 g/mol. The van der Waals surface area contributed by atoms with E-state index in [1.54, 1.807) is 0 Å². The van der Waals surface area contributed by atoms with Gasteiger partial charge in [-0.15, -0.1) is 0 Å². The van der Waals surface area contributed by atoms with Gasteiger partial charge in [0.2, 0.25) is 0 Å². The highest BCUT2D eigenvalue weighted by atomic mass is 15.1. The second-order valence-corrected chi connectivity index (χ2v) is 4.51. The van der Waals surface area contributed by atoms with Crippen LogP contribution in [-0.2, 0) is 0 Å². The number of hydrogen-bond donors (Lipinski definition) is 1. The van der Waals surface area contributed by atoms with Crippen LogP contribution in [-0.4, -0.2) is 9.55 Å². The SMILES string of the molecule is CC(N)c1cncn1-c1ccc2ccccc2c1. The summed E-state index contributed by atoms with van der Waals surface area (Å²) in [7, 11) is 0. The van der Waals surface area contributed by atoms with Crippen molar-refractivity contribution in [1.29, 1.82) is 0 Å². The summed E-state index contributed by atoms with van der Waals surface area (Å²) < 4.78 is 2.04. The fraction of sp³-hybridized carbons (Fsp3) is 0.133. The molecular formula is C15H15N3. The second kappa shape index (κ2) is 4.27. The van der Waals surface area contributed by atoms with Crippen molar-refractivity contribution in [1.82, 2.24) is 9.55 Å². The van der Waals surface area contributed by atoms with E-state index in [0.717, 1.165) is 11.4 Å². The first-order valence-corrected chi connectivity index (χ1v) is 6.03. The molecule has 18 heavy (non-hydrogen) atoms. The third kappa shape index (κ3) is 1.79. The number of rotatable bonds is 2. The molecule has 1 aromatic heterocycles. The van der Waals surface area contributed by atoms with Crippen molar-refractivity contribution in [3.05, 3.63) is 60.7 Å². The Morgan fingerprint density at radius 1 is 1.11 bits per heavy atom. The van der Waals surface area contributed by atoms with E-state index in [0.29, 0.717) is 0 Å². The molecule has 0 radical (unpaired) electrons. The van der Waals surface area contributed by atoms with E-state index in [1.807, 2.05) is 36.1 Å². The van der Waals surface area contributed by atoms with Crippen molar-refractivity contribution >= 4 is 10.8 Å². The van der Waals surface area contributed by atoms with E-state index in [9.17, 15) is 0 Å². The second-order valence-electron chi connectivity index (χ2n) is 4.51. The molecule has 1 atom stereocenters. The van der Waals surface area contributed by atoms with Gasteiger partial charge in [0.15, 0.2) is 0 Å². The minimum Gasteiger partial charge on any atom is -0.323 e. The topological polar surface area (TPSA) is 43.8 Å². The molecule has 3 heteroatoms. The van der Waals surface area contributed by atoms with Gasteiger partial charge in [0, 0.05) is 11.7 Å². The minimum absolute atomic E-state index is 0.0287. The molecule has 3 aromatic rings. The summed E-state index contributed by atoms with van der Waals surface area (Å²) in [5.41, 5.74) is 8.06. The Hall–Kier alpha value is -2.13. The Kier molecular flexibility index (Phi) is 2.61. The molecule has 0 bridgehead atoms. The number of fused-ring (bicyclic) bond motifs is 1. The van der Waals surface area contributed by atoms with Gasteiger partial charge >= 0.3 is 0 Å². The Morgan fingerprint density at radius 2 is 1.89 bits per heavy atom. The highest BCUT2D eigenvalue weighted by Gasteiger charge is 2.08. The molecule has 2 N–H and O–H groups in total. The van der Waals surface area contributed by atoms with Crippen molar-refractivity contribution in [2.75, 3.05) is 0 Å². The van der Waals surface area contributed by atoms with Gasteiger partial charge in [0.1, 0.15) is 0 Å². The predicted molar refractivity (Wildman–Crippen MR) is 73.7 cm³/mol. The van der Waals surface area contributed by atoms with Gasteiger partial charge in [0.05, 0.1) is 18.2 Å². The van der Waals surface area contributed by atoms with E-state index in [4.69, 9.17) is 5.73 Å². The molecule has 3 nitrogen and oxygen atoms in total. The molecule has 0 saturated carbocycles. The van der Waals surface area contributed by atoms with Gasteiger partial charge in [-0.25, -0.2) is 4.98 Å². The smallest absolute Gasteiger partial charge is 0.0994 e. The molecule has 90 valence electrons. The summed E-state index contributed by atoms with van der Waals surface area (Å²) in [6.07, 6.45) is 3.63. The van der Waals surface area contributed by atoms with Crippen molar-refractivity contribution in [2.45, 2.75) is 13.0 Å². The van der Waals surface area contributed by atoms with Crippen LogP contribution in [0.5, 0.6) is 0 Å². The normalized spacial score (nSPS) is 12.8. The van der Waals surface area contributed by atoms with Crippen molar-refractivity contribution in [3.8, 4) is 5.69 Å². The van der Waals surface area contributed by atoms with Crippen molar-refractivity contribution in [2.24, 2.45) is 5.73 Å². The summed E-state index contributed by atoms with van der Waals surface area (Å²) in [5.74, 6) is 0. The lowest BCUT2D eigenvalue weighted by molar-refractivity contribution is 0.753. The number of imidazole rings is 1. The molecule has 0 aliphatic rings. The number of nitrogens with zero attached hydrogens (tertiary/aromatic N) is 2. The number of benzene rings is 2. The first-order valence-electron chi connectivity index (χ1n) is 6.03. The first-order chi connectivity index (χ1) is 8.75. The number of aromatic nitrogens is 2. The molecule has 1 heterocycles. The van der Waals surface area contributed by atoms with Crippen molar-refractivity contribution in [3.63, 3.8) is 0 Å². The Morgan fingerprint density at radius 3 is 2.67 bits per heavy atom. The summed E-state index contributed by atoms with van der Waals surface area (Å²) in [5, 5.41) is 2.46. The molecule has 0 saturated heterocycles. The lowest BCUT2D eigenvalue weighted by atomic mass is 10.1. The van der Waals surface area contributed by atoms with E-state index < -0.39 is 0 Å². The largest absolute Gasteiger partial charge is 0.323 e. The lowest BCUT2D eigenvalue weighted by Crippen LogP contribution is -2.10. The van der Waals surface area contributed by atoms with E-state index in [2.05, 4.69) is 35.3 Å². The maximum atomic E-state index is 5.95. The van der Waals surface area contributed by atoms with Gasteiger partial charge in [-0.1, -0.05) is 30.3 Å². The predicted octanol–water partition coefficient (Wildman–Crippen LogP) is 3.05. The summed E-state index contributed by atoms with van der Waals surface area (Å²) in [6.45, 7) is 1.97. The molecule has 3 rings (SSSR count). The van der Waals surface area contributed by atoms with Crippen LogP contribution >= 0.6 is 0 Å². The maximum absolute atomic E-state index is 5.95. The Labute approximate surface area is 106 Å². The van der Waals surface area contributed by atoms with Crippen LogP contribution in [0.3, 0.4) is 0 Å². The van der Waals surface area contributed by atoms with Crippen LogP contribution in [0.15, 0.2) is 55.0 Å². The standard InChI is InChI=1S/C15H15N3/c1-11(16)15-9-17-10-18(15)14-7-6-12-4-2-3-5-13(12)8-14/h2-11H,16H2,1H3. The fourth-order valence-corrected chi connectivity index (χ4v) is 2.18. The zero-order chi connectivity index (χ0) is 12.5. The molecule has 2 aromatic carbocycles. The van der Waals surface area contributed by atoms with Gasteiger partial charge in [-0.3, -0.25) is 0 Å². The Balaban J connectivity index is 2.16. The zero-order valence-corrected chi connectivity index (χ0v) is 10.2. The Bertz CT molecular complexity index is 683. The van der Waals surface area contributed by atoms with E-state index >= 15 is 0 Å². The van der Waals surface area contributed by atoms with Crippen LogP contribution in [0.2, 0.25) is 0 Å². The van der Waals surface area contributed by atoms with Gasteiger partial charge in [-0.05, 0) is 29.8 Å². The maximum Gasteiger partial charge on any atom is 0.0994 e. The average Bonchev–Trinajstić information content (AvgIpc) is 2.87. The van der Waals surface area contributed by atoms with Gasteiger partial charge < -0.3 is 10.3 Å². The molecule has 0 spiro atoms. The van der Waals surface area contributed by atoms with Crippen LogP contribution in [0.25, 0.3) is 16.5 Å².